The maximum atomic E-state index is 12.6. The number of carbonyl (C=O) groups is 2. The van der Waals surface area contributed by atoms with Crippen LogP contribution >= 0.6 is 0 Å². The van der Waals surface area contributed by atoms with Crippen LogP contribution in [0.1, 0.15) is 111 Å². The number of hydrogen-bond donors (Lipinski definition) is 2. The molecule has 6 nitrogen and oxygen atoms in total. The molecule has 0 aromatic carbocycles. The predicted molar refractivity (Wildman–Crippen MR) is 140 cm³/mol. The van der Waals surface area contributed by atoms with Crippen LogP contribution in [-0.2, 0) is 19.1 Å². The van der Waals surface area contributed by atoms with Crippen LogP contribution in [0.25, 0.3) is 0 Å². The highest BCUT2D eigenvalue weighted by molar-refractivity contribution is 5.73. The Morgan fingerprint density at radius 2 is 1.81 bits per heavy atom. The largest absolute Gasteiger partial charge is 0.465 e. The molecule has 0 radical (unpaired) electrons. The molecule has 5 rings (SSSR count). The van der Waals surface area contributed by atoms with Crippen LogP contribution in [-0.4, -0.2) is 47.1 Å². The number of fused-ring (bicyclic) bond motifs is 7. The summed E-state index contributed by atoms with van der Waals surface area (Å²) in [7, 11) is 0. The summed E-state index contributed by atoms with van der Waals surface area (Å²) in [5.74, 6) is 2.39. The first-order valence-corrected chi connectivity index (χ1v) is 15.3. The molecule has 37 heavy (non-hydrogen) atoms. The maximum Gasteiger partial charge on any atom is 0.309 e. The number of ether oxygens (including phenoxy) is 2. The van der Waals surface area contributed by atoms with Gasteiger partial charge >= 0.3 is 11.9 Å². The standard InChI is InChI=1S/C31H50O6/c1-19(4-7-27(34)37-22-11-15-36-28(35)18-22)23-5-6-25-29-24(10-14-31(23,25)3)30(2)12-8-20(17-26(29)33)16-21(32)9-13-30/h19-26,29,32-33H,4-18H2,1-3H3. The van der Waals surface area contributed by atoms with Crippen molar-refractivity contribution in [1.29, 1.82) is 0 Å². The molecule has 0 aromatic rings. The zero-order valence-corrected chi connectivity index (χ0v) is 23.3. The van der Waals surface area contributed by atoms with E-state index >= 15 is 0 Å². The van der Waals surface area contributed by atoms with Gasteiger partial charge in [-0.05, 0) is 117 Å². The lowest BCUT2D eigenvalue weighted by Crippen LogP contribution is -2.53. The monoisotopic (exact) mass is 518 g/mol. The highest BCUT2D eigenvalue weighted by Gasteiger charge is 2.59. The predicted octanol–water partition coefficient (Wildman–Crippen LogP) is 5.42. The first kappa shape index (κ1) is 27.4. The molecular formula is C31H50O6. The molecule has 11 unspecified atom stereocenters. The van der Waals surface area contributed by atoms with E-state index in [4.69, 9.17) is 9.47 Å². The molecule has 2 bridgehead atoms. The fourth-order valence-corrected chi connectivity index (χ4v) is 9.92. The molecular weight excluding hydrogens is 468 g/mol. The van der Waals surface area contributed by atoms with Crippen LogP contribution in [0.4, 0.5) is 0 Å². The molecule has 2 N–H and O–H groups in total. The van der Waals surface area contributed by atoms with E-state index in [1.54, 1.807) is 0 Å². The summed E-state index contributed by atoms with van der Waals surface area (Å²) in [6.45, 7) is 7.60. The molecule has 6 heteroatoms. The average Bonchev–Trinajstić information content (AvgIpc) is 3.19. The minimum atomic E-state index is -0.334. The highest BCUT2D eigenvalue weighted by Crippen LogP contribution is 2.66. The Labute approximate surface area is 223 Å². The molecule has 1 saturated heterocycles. The molecule has 0 aromatic heterocycles. The maximum absolute atomic E-state index is 12.6. The minimum Gasteiger partial charge on any atom is -0.465 e. The van der Waals surface area contributed by atoms with Crippen molar-refractivity contribution >= 4 is 11.9 Å². The van der Waals surface area contributed by atoms with Crippen LogP contribution in [0.2, 0.25) is 0 Å². The molecule has 4 saturated carbocycles. The summed E-state index contributed by atoms with van der Waals surface area (Å²) in [6.07, 6.45) is 12.0. The quantitative estimate of drug-likeness (QED) is 0.472. The summed E-state index contributed by atoms with van der Waals surface area (Å²) in [4.78, 5) is 24.1. The summed E-state index contributed by atoms with van der Waals surface area (Å²) >= 11 is 0. The summed E-state index contributed by atoms with van der Waals surface area (Å²) in [5.41, 5.74) is 0.421. The van der Waals surface area contributed by atoms with Crippen LogP contribution in [0.15, 0.2) is 0 Å². The SMILES string of the molecule is CC(CCC(=O)OC1CCOC(=O)C1)C1CCC2C3C(O)CC4CCC(C)(CCC(O)C4)C3CCC12C. The second kappa shape index (κ2) is 10.8. The van der Waals surface area contributed by atoms with Gasteiger partial charge in [0.15, 0.2) is 0 Å². The van der Waals surface area contributed by atoms with Crippen molar-refractivity contribution < 1.29 is 29.3 Å². The molecule has 210 valence electrons. The van der Waals surface area contributed by atoms with Crippen LogP contribution in [0.3, 0.4) is 0 Å². The van der Waals surface area contributed by atoms with Crippen molar-refractivity contribution in [2.24, 2.45) is 46.3 Å². The third-order valence-electron chi connectivity index (χ3n) is 12.0. The first-order chi connectivity index (χ1) is 17.6. The second-order valence-electron chi connectivity index (χ2n) is 14.1. The molecule has 1 heterocycles. The van der Waals surface area contributed by atoms with Gasteiger partial charge < -0.3 is 19.7 Å². The lowest BCUT2D eigenvalue weighted by molar-refractivity contribution is -0.162. The Kier molecular flexibility index (Phi) is 8.00. The lowest BCUT2D eigenvalue weighted by atomic mass is 9.48. The van der Waals surface area contributed by atoms with Gasteiger partial charge in [0, 0.05) is 12.8 Å². The van der Waals surface area contributed by atoms with Crippen LogP contribution < -0.4 is 0 Å². The third-order valence-corrected chi connectivity index (χ3v) is 12.0. The Morgan fingerprint density at radius 3 is 2.59 bits per heavy atom. The normalized spacial score (nSPS) is 46.9. The number of aliphatic hydroxyl groups excluding tert-OH is 2. The van der Waals surface area contributed by atoms with E-state index in [2.05, 4.69) is 20.8 Å². The molecule has 0 spiro atoms. The van der Waals surface area contributed by atoms with Crippen LogP contribution in [0.5, 0.6) is 0 Å². The summed E-state index contributed by atoms with van der Waals surface area (Å²) < 4.78 is 10.6. The van der Waals surface area contributed by atoms with E-state index in [9.17, 15) is 19.8 Å². The van der Waals surface area contributed by atoms with Gasteiger partial charge in [-0.25, -0.2) is 0 Å². The van der Waals surface area contributed by atoms with Gasteiger partial charge in [-0.15, -0.1) is 0 Å². The number of cyclic esters (lactones) is 1. The molecule has 5 fully saturated rings. The number of esters is 2. The summed E-state index contributed by atoms with van der Waals surface area (Å²) in [5, 5.41) is 22.3. The van der Waals surface area contributed by atoms with Crippen molar-refractivity contribution in [3.8, 4) is 0 Å². The van der Waals surface area contributed by atoms with Crippen molar-refractivity contribution in [2.75, 3.05) is 6.61 Å². The molecule has 0 amide bonds. The van der Waals surface area contributed by atoms with Gasteiger partial charge in [-0.2, -0.15) is 0 Å². The van der Waals surface area contributed by atoms with E-state index in [1.807, 2.05) is 0 Å². The highest BCUT2D eigenvalue weighted by atomic mass is 16.6. The first-order valence-electron chi connectivity index (χ1n) is 15.3. The Balaban J connectivity index is 1.25. The van der Waals surface area contributed by atoms with Crippen molar-refractivity contribution in [1.82, 2.24) is 0 Å². The van der Waals surface area contributed by atoms with Crippen LogP contribution in [0, 0.1) is 46.3 Å². The topological polar surface area (TPSA) is 93.1 Å². The fourth-order valence-electron chi connectivity index (χ4n) is 9.92. The minimum absolute atomic E-state index is 0.174. The van der Waals surface area contributed by atoms with Gasteiger partial charge in [0.05, 0.1) is 25.2 Å². The number of aliphatic hydroxyl groups is 2. The Hall–Kier alpha value is -1.14. The van der Waals surface area contributed by atoms with E-state index in [0.717, 1.165) is 38.5 Å². The summed E-state index contributed by atoms with van der Waals surface area (Å²) in [6, 6.07) is 0. The molecule has 11 atom stereocenters. The Morgan fingerprint density at radius 1 is 1.03 bits per heavy atom. The Bertz CT molecular complexity index is 840. The smallest absolute Gasteiger partial charge is 0.309 e. The van der Waals surface area contributed by atoms with Gasteiger partial charge in [0.25, 0.3) is 0 Å². The number of rotatable bonds is 5. The van der Waals surface area contributed by atoms with E-state index in [-0.39, 0.29) is 47.5 Å². The zero-order chi connectivity index (χ0) is 26.4. The van der Waals surface area contributed by atoms with Gasteiger partial charge in [-0.3, -0.25) is 9.59 Å². The van der Waals surface area contributed by atoms with E-state index in [1.165, 1.54) is 32.1 Å². The molecule has 4 aliphatic carbocycles. The van der Waals surface area contributed by atoms with Gasteiger partial charge in [0.2, 0.25) is 0 Å². The van der Waals surface area contributed by atoms with E-state index < -0.39 is 0 Å². The van der Waals surface area contributed by atoms with Gasteiger partial charge in [0.1, 0.15) is 6.10 Å². The lowest BCUT2D eigenvalue weighted by Gasteiger charge is -2.58. The third kappa shape index (κ3) is 5.48. The molecule has 5 aliphatic rings. The average molecular weight is 519 g/mol. The number of hydrogen-bond acceptors (Lipinski definition) is 6. The second-order valence-corrected chi connectivity index (χ2v) is 14.1. The van der Waals surface area contributed by atoms with E-state index in [0.29, 0.717) is 55.0 Å². The number of carbonyl (C=O) groups excluding carboxylic acids is 2. The van der Waals surface area contributed by atoms with Crippen molar-refractivity contribution in [2.45, 2.75) is 129 Å². The fraction of sp³-hybridized carbons (Fsp3) is 0.935. The van der Waals surface area contributed by atoms with Crippen molar-refractivity contribution in [3.63, 3.8) is 0 Å². The zero-order valence-electron chi connectivity index (χ0n) is 23.3. The van der Waals surface area contributed by atoms with Gasteiger partial charge in [-0.1, -0.05) is 20.8 Å². The van der Waals surface area contributed by atoms with Crippen molar-refractivity contribution in [3.05, 3.63) is 0 Å². The molecule has 1 aliphatic heterocycles.